The molecule has 3 nitrogen and oxygen atoms in total. The molecule has 3 heteroatoms. The fourth-order valence-electron chi connectivity index (χ4n) is 2.91. The van der Waals surface area contributed by atoms with Gasteiger partial charge in [0.25, 0.3) is 0 Å². The molecule has 19 heavy (non-hydrogen) atoms. The van der Waals surface area contributed by atoms with Gasteiger partial charge in [0.05, 0.1) is 0 Å². The summed E-state index contributed by atoms with van der Waals surface area (Å²) in [5.74, 6) is 0.832. The average Bonchev–Trinajstić information content (AvgIpc) is 2.90. The van der Waals surface area contributed by atoms with E-state index in [1.54, 1.807) is 0 Å². The molecule has 0 spiro atoms. The highest BCUT2D eigenvalue weighted by Crippen LogP contribution is 2.27. The molecule has 3 N–H and O–H groups in total. The topological polar surface area (TPSA) is 55.1 Å². The van der Waals surface area contributed by atoms with Crippen LogP contribution in [-0.2, 0) is 11.2 Å². The molecule has 1 saturated carbocycles. The van der Waals surface area contributed by atoms with Crippen LogP contribution in [0, 0.1) is 5.92 Å². The molecule has 0 saturated heterocycles. The molecule has 1 aliphatic carbocycles. The molecular weight excluding hydrogens is 236 g/mol. The zero-order chi connectivity index (χ0) is 13.7. The van der Waals surface area contributed by atoms with Crippen molar-refractivity contribution >= 4 is 11.6 Å². The molecular formula is C16H24N2O. The molecule has 0 aliphatic heterocycles. The van der Waals surface area contributed by atoms with E-state index in [1.165, 1.54) is 25.7 Å². The zero-order valence-corrected chi connectivity index (χ0v) is 11.7. The normalized spacial score (nSPS) is 17.3. The number of amides is 1. The van der Waals surface area contributed by atoms with Crippen molar-refractivity contribution in [2.75, 3.05) is 5.73 Å². The van der Waals surface area contributed by atoms with Crippen molar-refractivity contribution in [2.24, 2.45) is 5.92 Å². The number of hydrogen-bond acceptors (Lipinski definition) is 2. The van der Waals surface area contributed by atoms with E-state index >= 15 is 0 Å². The van der Waals surface area contributed by atoms with Crippen LogP contribution in [0.3, 0.4) is 0 Å². The Bertz CT molecular complexity index is 425. The van der Waals surface area contributed by atoms with Gasteiger partial charge >= 0.3 is 0 Å². The summed E-state index contributed by atoms with van der Waals surface area (Å²) in [5, 5.41) is 3.14. The van der Waals surface area contributed by atoms with E-state index in [0.29, 0.717) is 18.4 Å². The lowest BCUT2D eigenvalue weighted by Crippen LogP contribution is -2.37. The van der Waals surface area contributed by atoms with Crippen LogP contribution in [-0.4, -0.2) is 11.9 Å². The maximum atomic E-state index is 11.9. The van der Waals surface area contributed by atoms with E-state index in [-0.39, 0.29) is 5.91 Å². The summed E-state index contributed by atoms with van der Waals surface area (Å²) < 4.78 is 0. The Morgan fingerprint density at radius 2 is 2.16 bits per heavy atom. The van der Waals surface area contributed by atoms with Gasteiger partial charge in [-0.25, -0.2) is 0 Å². The van der Waals surface area contributed by atoms with E-state index in [0.717, 1.165) is 17.7 Å². The number of anilines is 1. The van der Waals surface area contributed by atoms with Gasteiger partial charge in [-0.15, -0.1) is 0 Å². The molecule has 104 valence electrons. The van der Waals surface area contributed by atoms with Crippen LogP contribution < -0.4 is 11.1 Å². The van der Waals surface area contributed by atoms with E-state index in [9.17, 15) is 4.79 Å². The number of aryl methyl sites for hydroxylation is 1. The van der Waals surface area contributed by atoms with Crippen molar-refractivity contribution in [1.29, 1.82) is 0 Å². The predicted molar refractivity (Wildman–Crippen MR) is 78.7 cm³/mol. The van der Waals surface area contributed by atoms with Gasteiger partial charge in [-0.3, -0.25) is 4.79 Å². The first-order valence-electron chi connectivity index (χ1n) is 7.29. The molecule has 0 bridgehead atoms. The molecule has 0 heterocycles. The summed E-state index contributed by atoms with van der Waals surface area (Å²) in [6.07, 6.45) is 6.45. The SMILES string of the molecule is C[C@H](NC(=O)CCc1cccc(N)c1)C1CCCC1. The standard InChI is InChI=1S/C16H24N2O/c1-12(14-6-2-3-7-14)18-16(19)10-9-13-5-4-8-15(17)11-13/h4-5,8,11-12,14H,2-3,6-7,9-10,17H2,1H3,(H,18,19)/t12-/m0/s1. The zero-order valence-electron chi connectivity index (χ0n) is 11.7. The van der Waals surface area contributed by atoms with Gasteiger partial charge in [-0.2, -0.15) is 0 Å². The van der Waals surface area contributed by atoms with Gasteiger partial charge in [-0.05, 0) is 49.8 Å². The fourth-order valence-corrected chi connectivity index (χ4v) is 2.91. The maximum Gasteiger partial charge on any atom is 0.220 e. The number of carbonyl (C=O) groups is 1. The predicted octanol–water partition coefficient (Wildman–Crippen LogP) is 2.90. The molecule has 0 unspecified atom stereocenters. The number of benzene rings is 1. The lowest BCUT2D eigenvalue weighted by molar-refractivity contribution is -0.122. The van der Waals surface area contributed by atoms with E-state index in [1.807, 2.05) is 24.3 Å². The second-order valence-corrected chi connectivity index (χ2v) is 5.65. The molecule has 2 rings (SSSR count). The van der Waals surface area contributed by atoms with Crippen molar-refractivity contribution in [3.05, 3.63) is 29.8 Å². The lowest BCUT2D eigenvalue weighted by Gasteiger charge is -2.20. The summed E-state index contributed by atoms with van der Waals surface area (Å²) in [6.45, 7) is 2.13. The lowest BCUT2D eigenvalue weighted by atomic mass is 9.99. The largest absolute Gasteiger partial charge is 0.399 e. The minimum absolute atomic E-state index is 0.154. The number of nitrogen functional groups attached to an aromatic ring is 1. The minimum Gasteiger partial charge on any atom is -0.399 e. The molecule has 1 atom stereocenters. The number of rotatable bonds is 5. The number of nitrogens with one attached hydrogen (secondary N) is 1. The monoisotopic (exact) mass is 260 g/mol. The molecule has 1 aromatic carbocycles. The van der Waals surface area contributed by atoms with E-state index in [4.69, 9.17) is 5.73 Å². The summed E-state index contributed by atoms with van der Waals surface area (Å²) in [6, 6.07) is 8.07. The Morgan fingerprint density at radius 3 is 2.84 bits per heavy atom. The van der Waals surface area contributed by atoms with Crippen LogP contribution in [0.15, 0.2) is 24.3 Å². The van der Waals surface area contributed by atoms with Gasteiger partial charge < -0.3 is 11.1 Å². The highest BCUT2D eigenvalue weighted by Gasteiger charge is 2.22. The summed E-state index contributed by atoms with van der Waals surface area (Å²) in [4.78, 5) is 11.9. The summed E-state index contributed by atoms with van der Waals surface area (Å²) in [5.41, 5.74) is 7.62. The second-order valence-electron chi connectivity index (χ2n) is 5.65. The first-order chi connectivity index (χ1) is 9.15. The van der Waals surface area contributed by atoms with Gasteiger partial charge in [0.15, 0.2) is 0 Å². The van der Waals surface area contributed by atoms with Crippen molar-refractivity contribution in [1.82, 2.24) is 5.32 Å². The van der Waals surface area contributed by atoms with Crippen molar-refractivity contribution in [3.8, 4) is 0 Å². The number of nitrogens with two attached hydrogens (primary N) is 1. The summed E-state index contributed by atoms with van der Waals surface area (Å²) >= 11 is 0. The van der Waals surface area contributed by atoms with Crippen LogP contribution in [0.5, 0.6) is 0 Å². The fraction of sp³-hybridized carbons (Fsp3) is 0.562. The van der Waals surface area contributed by atoms with Crippen LogP contribution in [0.4, 0.5) is 5.69 Å². The van der Waals surface area contributed by atoms with Crippen molar-refractivity contribution in [2.45, 2.75) is 51.5 Å². The van der Waals surface area contributed by atoms with E-state index < -0.39 is 0 Å². The Kier molecular flexibility index (Phi) is 4.83. The molecule has 1 fully saturated rings. The van der Waals surface area contributed by atoms with Crippen LogP contribution in [0.1, 0.15) is 44.6 Å². The molecule has 0 radical (unpaired) electrons. The molecule has 1 amide bonds. The van der Waals surface area contributed by atoms with Gasteiger partial charge in [0.2, 0.25) is 5.91 Å². The average molecular weight is 260 g/mol. The van der Waals surface area contributed by atoms with Gasteiger partial charge in [-0.1, -0.05) is 25.0 Å². The van der Waals surface area contributed by atoms with Gasteiger partial charge in [0, 0.05) is 18.2 Å². The number of hydrogen-bond donors (Lipinski definition) is 2. The highest BCUT2D eigenvalue weighted by atomic mass is 16.1. The van der Waals surface area contributed by atoms with Crippen LogP contribution >= 0.6 is 0 Å². The second kappa shape index (κ2) is 6.60. The molecule has 1 aromatic rings. The quantitative estimate of drug-likeness (QED) is 0.800. The first kappa shape index (κ1) is 13.9. The van der Waals surface area contributed by atoms with E-state index in [2.05, 4.69) is 12.2 Å². The third-order valence-corrected chi connectivity index (χ3v) is 4.09. The Balaban J connectivity index is 1.75. The Hall–Kier alpha value is -1.51. The highest BCUT2D eigenvalue weighted by molar-refractivity contribution is 5.76. The maximum absolute atomic E-state index is 11.9. The molecule has 1 aliphatic rings. The molecule has 0 aromatic heterocycles. The number of carbonyl (C=O) groups excluding carboxylic acids is 1. The van der Waals surface area contributed by atoms with Crippen LogP contribution in [0.25, 0.3) is 0 Å². The Morgan fingerprint density at radius 1 is 1.42 bits per heavy atom. The smallest absolute Gasteiger partial charge is 0.220 e. The van der Waals surface area contributed by atoms with Gasteiger partial charge in [0.1, 0.15) is 0 Å². The third-order valence-electron chi connectivity index (χ3n) is 4.09. The third kappa shape index (κ3) is 4.27. The first-order valence-corrected chi connectivity index (χ1v) is 7.29. The minimum atomic E-state index is 0.154. The van der Waals surface area contributed by atoms with Crippen molar-refractivity contribution in [3.63, 3.8) is 0 Å². The Labute approximate surface area is 115 Å². The van der Waals surface area contributed by atoms with Crippen molar-refractivity contribution < 1.29 is 4.79 Å². The van der Waals surface area contributed by atoms with Crippen LogP contribution in [0.2, 0.25) is 0 Å². The summed E-state index contributed by atoms with van der Waals surface area (Å²) in [7, 11) is 0.